The zero-order chi connectivity index (χ0) is 20.7. The molecule has 1 aliphatic carbocycles. The molecular formula is C21H20ClN3O4. The van der Waals surface area contributed by atoms with Crippen LogP contribution in [0.2, 0.25) is 5.02 Å². The summed E-state index contributed by atoms with van der Waals surface area (Å²) in [6, 6.07) is 10.8. The molecule has 1 N–H and O–H groups in total. The zero-order valence-electron chi connectivity index (χ0n) is 16.0. The van der Waals surface area contributed by atoms with Crippen LogP contribution < -0.4 is 21.3 Å². The molecule has 8 heteroatoms. The molecule has 0 radical (unpaired) electrons. The fourth-order valence-electron chi connectivity index (χ4n) is 3.37. The number of methoxy groups -OCH3 is 1. The maximum atomic E-state index is 13.5. The Kier molecular flexibility index (Phi) is 4.92. The van der Waals surface area contributed by atoms with Crippen LogP contribution >= 0.6 is 11.6 Å². The topological polar surface area (TPSA) is 82.3 Å². The zero-order valence-corrected chi connectivity index (χ0v) is 16.8. The molecule has 150 valence electrons. The van der Waals surface area contributed by atoms with Gasteiger partial charge in [-0.1, -0.05) is 23.7 Å². The summed E-state index contributed by atoms with van der Waals surface area (Å²) in [5.41, 5.74) is -0.507. The Hall–Kier alpha value is -3.06. The third-order valence-electron chi connectivity index (χ3n) is 5.07. The van der Waals surface area contributed by atoms with Crippen LogP contribution in [0.25, 0.3) is 16.6 Å². The first-order valence-electron chi connectivity index (χ1n) is 9.33. The number of rotatable bonds is 5. The van der Waals surface area contributed by atoms with Gasteiger partial charge in [0.2, 0.25) is 5.91 Å². The minimum absolute atomic E-state index is 0.149. The van der Waals surface area contributed by atoms with E-state index >= 15 is 0 Å². The summed E-state index contributed by atoms with van der Waals surface area (Å²) in [7, 11) is 1.47. The van der Waals surface area contributed by atoms with Crippen molar-refractivity contribution in [2.75, 3.05) is 7.11 Å². The van der Waals surface area contributed by atoms with E-state index in [1.54, 1.807) is 43.3 Å². The summed E-state index contributed by atoms with van der Waals surface area (Å²) in [5, 5.41) is 3.56. The van der Waals surface area contributed by atoms with Crippen molar-refractivity contribution in [1.29, 1.82) is 0 Å². The van der Waals surface area contributed by atoms with E-state index < -0.39 is 17.3 Å². The van der Waals surface area contributed by atoms with E-state index in [0.717, 1.165) is 17.4 Å². The maximum absolute atomic E-state index is 13.5. The lowest BCUT2D eigenvalue weighted by Crippen LogP contribution is -2.44. The number of nitrogens with one attached hydrogen (secondary N) is 1. The molecule has 7 nitrogen and oxygen atoms in total. The number of ether oxygens (including phenoxy) is 1. The molecule has 1 fully saturated rings. The minimum Gasteiger partial charge on any atom is -0.495 e. The third-order valence-corrected chi connectivity index (χ3v) is 5.30. The van der Waals surface area contributed by atoms with E-state index in [2.05, 4.69) is 5.32 Å². The average molecular weight is 414 g/mol. The second-order valence-electron chi connectivity index (χ2n) is 7.09. The van der Waals surface area contributed by atoms with Gasteiger partial charge in [-0.25, -0.2) is 9.36 Å². The number of benzene rings is 2. The molecular weight excluding hydrogens is 394 g/mol. The van der Waals surface area contributed by atoms with Gasteiger partial charge in [0.05, 0.1) is 23.7 Å². The molecule has 0 unspecified atom stereocenters. The number of fused-ring (bicyclic) bond motifs is 1. The highest BCUT2D eigenvalue weighted by molar-refractivity contribution is 6.31. The average Bonchev–Trinajstić information content (AvgIpc) is 3.52. The van der Waals surface area contributed by atoms with Crippen molar-refractivity contribution >= 4 is 28.4 Å². The number of hydrogen-bond donors (Lipinski definition) is 1. The summed E-state index contributed by atoms with van der Waals surface area (Å²) in [6.45, 7) is 1.64. The molecule has 1 aliphatic rings. The van der Waals surface area contributed by atoms with Crippen LogP contribution in [-0.4, -0.2) is 28.2 Å². The second kappa shape index (κ2) is 7.40. The van der Waals surface area contributed by atoms with Gasteiger partial charge in [0.15, 0.2) is 0 Å². The highest BCUT2D eigenvalue weighted by atomic mass is 35.5. The van der Waals surface area contributed by atoms with Gasteiger partial charge in [0.25, 0.3) is 5.56 Å². The van der Waals surface area contributed by atoms with Gasteiger partial charge in [-0.2, -0.15) is 0 Å². The van der Waals surface area contributed by atoms with E-state index in [1.807, 2.05) is 0 Å². The number of carbonyl (C=O) groups is 1. The normalized spacial score (nSPS) is 14.6. The lowest BCUT2D eigenvalue weighted by atomic mass is 10.2. The molecule has 4 rings (SSSR count). The van der Waals surface area contributed by atoms with Crippen molar-refractivity contribution < 1.29 is 9.53 Å². The Balaban J connectivity index is 2.03. The second-order valence-corrected chi connectivity index (χ2v) is 7.52. The smallest absolute Gasteiger partial charge is 0.337 e. The number of carbonyl (C=O) groups excluding carboxylic acids is 1. The molecule has 0 saturated heterocycles. The lowest BCUT2D eigenvalue weighted by Gasteiger charge is -2.20. The van der Waals surface area contributed by atoms with Gasteiger partial charge in [-0.05, 0) is 50.1 Å². The van der Waals surface area contributed by atoms with Crippen LogP contribution in [0.15, 0.2) is 52.1 Å². The van der Waals surface area contributed by atoms with Gasteiger partial charge in [-0.3, -0.25) is 14.2 Å². The van der Waals surface area contributed by atoms with Crippen LogP contribution in [0, 0.1) is 0 Å². The number of amides is 1. The molecule has 1 aromatic heterocycles. The maximum Gasteiger partial charge on any atom is 0.337 e. The Bertz CT molecular complexity index is 1230. The van der Waals surface area contributed by atoms with E-state index in [1.165, 1.54) is 17.7 Å². The van der Waals surface area contributed by atoms with Crippen molar-refractivity contribution in [2.24, 2.45) is 0 Å². The minimum atomic E-state index is -0.828. The van der Waals surface area contributed by atoms with E-state index in [0.29, 0.717) is 22.0 Å². The quantitative estimate of drug-likeness (QED) is 0.697. The number of nitrogens with zero attached hydrogens (tertiary/aromatic N) is 2. The molecule has 1 atom stereocenters. The van der Waals surface area contributed by atoms with Crippen molar-refractivity contribution in [3.05, 3.63) is 68.3 Å². The van der Waals surface area contributed by atoms with Crippen molar-refractivity contribution in [3.63, 3.8) is 0 Å². The Morgan fingerprint density at radius 2 is 1.93 bits per heavy atom. The molecule has 0 aliphatic heterocycles. The molecule has 29 heavy (non-hydrogen) atoms. The van der Waals surface area contributed by atoms with Gasteiger partial charge >= 0.3 is 5.69 Å². The van der Waals surface area contributed by atoms with Crippen LogP contribution in [0.3, 0.4) is 0 Å². The third kappa shape index (κ3) is 3.42. The SMILES string of the molecule is COc1ccccc1-n1c(=O)c2ccc(Cl)cc2n([C@@H](C)C(=O)NC2CC2)c1=O. The first-order valence-corrected chi connectivity index (χ1v) is 9.70. The van der Waals surface area contributed by atoms with Crippen LogP contribution in [0.1, 0.15) is 25.8 Å². The molecule has 3 aromatic rings. The summed E-state index contributed by atoms with van der Waals surface area (Å²) < 4.78 is 7.69. The summed E-state index contributed by atoms with van der Waals surface area (Å²) in [6.07, 6.45) is 1.86. The van der Waals surface area contributed by atoms with E-state index in [4.69, 9.17) is 16.3 Å². The standard InChI is InChI=1S/C21H20ClN3O4/c1-12(19(26)23-14-8-9-14)24-17-11-13(22)7-10-15(17)20(27)25(21(24)28)16-5-3-4-6-18(16)29-2/h3-7,10-12,14H,8-9H2,1-2H3,(H,23,26)/t12-/m0/s1. The van der Waals surface area contributed by atoms with Gasteiger partial charge < -0.3 is 10.1 Å². The predicted octanol–water partition coefficient (Wildman–Crippen LogP) is 2.65. The molecule has 1 amide bonds. The summed E-state index contributed by atoms with van der Waals surface area (Å²) in [4.78, 5) is 39.4. The van der Waals surface area contributed by atoms with Gasteiger partial charge in [0.1, 0.15) is 11.8 Å². The number of aromatic nitrogens is 2. The first-order chi connectivity index (χ1) is 13.9. The molecule has 2 aromatic carbocycles. The van der Waals surface area contributed by atoms with Crippen molar-refractivity contribution in [3.8, 4) is 11.4 Å². The van der Waals surface area contributed by atoms with E-state index in [-0.39, 0.29) is 17.3 Å². The van der Waals surface area contributed by atoms with Crippen LogP contribution in [0.4, 0.5) is 0 Å². The molecule has 1 heterocycles. The van der Waals surface area contributed by atoms with Crippen molar-refractivity contribution in [1.82, 2.24) is 14.5 Å². The predicted molar refractivity (Wildman–Crippen MR) is 111 cm³/mol. The number of para-hydroxylation sites is 2. The lowest BCUT2D eigenvalue weighted by molar-refractivity contribution is -0.124. The monoisotopic (exact) mass is 413 g/mol. The fraction of sp³-hybridized carbons (Fsp3) is 0.286. The molecule has 0 bridgehead atoms. The van der Waals surface area contributed by atoms with Gasteiger partial charge in [0, 0.05) is 11.1 Å². The Morgan fingerprint density at radius 1 is 1.21 bits per heavy atom. The highest BCUT2D eigenvalue weighted by Crippen LogP contribution is 2.24. The molecule has 0 spiro atoms. The largest absolute Gasteiger partial charge is 0.495 e. The molecule has 1 saturated carbocycles. The highest BCUT2D eigenvalue weighted by Gasteiger charge is 2.28. The summed E-state index contributed by atoms with van der Waals surface area (Å²) >= 11 is 6.13. The Morgan fingerprint density at radius 3 is 2.62 bits per heavy atom. The van der Waals surface area contributed by atoms with Crippen LogP contribution in [-0.2, 0) is 4.79 Å². The van der Waals surface area contributed by atoms with Gasteiger partial charge in [-0.15, -0.1) is 0 Å². The summed E-state index contributed by atoms with van der Waals surface area (Å²) in [5.74, 6) is 0.0998. The number of halogens is 1. The van der Waals surface area contributed by atoms with Crippen LogP contribution in [0.5, 0.6) is 5.75 Å². The van der Waals surface area contributed by atoms with E-state index in [9.17, 15) is 14.4 Å². The number of hydrogen-bond acceptors (Lipinski definition) is 4. The first kappa shape index (κ1) is 19.3. The van der Waals surface area contributed by atoms with Crippen molar-refractivity contribution in [2.45, 2.75) is 31.8 Å². The fourth-order valence-corrected chi connectivity index (χ4v) is 3.54. The Labute approximate surface area is 171 Å².